The highest BCUT2D eigenvalue weighted by Crippen LogP contribution is 2.32. The number of aromatic nitrogens is 4. The molecule has 8 heteroatoms. The summed E-state index contributed by atoms with van der Waals surface area (Å²) in [7, 11) is 0. The molecular formula is C8H8F3N5. The van der Waals surface area contributed by atoms with Crippen molar-refractivity contribution < 1.29 is 13.2 Å². The first-order chi connectivity index (χ1) is 7.39. The summed E-state index contributed by atoms with van der Waals surface area (Å²) in [6.07, 6.45) is -3.17. The number of rotatable bonds is 1. The Morgan fingerprint density at radius 3 is 2.50 bits per heavy atom. The average molecular weight is 231 g/mol. The number of halogens is 3. The molecule has 5 nitrogen and oxygen atoms in total. The number of anilines is 1. The summed E-state index contributed by atoms with van der Waals surface area (Å²) < 4.78 is 37.4. The Morgan fingerprint density at radius 1 is 1.38 bits per heavy atom. The second-order valence-electron chi connectivity index (χ2n) is 3.26. The van der Waals surface area contributed by atoms with Gasteiger partial charge in [0.1, 0.15) is 5.69 Å². The van der Waals surface area contributed by atoms with Crippen molar-refractivity contribution >= 4 is 5.69 Å². The maximum absolute atomic E-state index is 12.5. The van der Waals surface area contributed by atoms with E-state index in [0.29, 0.717) is 0 Å². The van der Waals surface area contributed by atoms with Crippen LogP contribution in [0.25, 0.3) is 11.5 Å². The van der Waals surface area contributed by atoms with Gasteiger partial charge in [-0.3, -0.25) is 5.10 Å². The Labute approximate surface area is 87.9 Å². The van der Waals surface area contributed by atoms with E-state index >= 15 is 0 Å². The molecule has 2 aromatic heterocycles. The molecule has 0 aliphatic rings. The summed E-state index contributed by atoms with van der Waals surface area (Å²) in [6, 6.07) is 0. The van der Waals surface area contributed by atoms with Crippen LogP contribution in [0.5, 0.6) is 0 Å². The fourth-order valence-electron chi connectivity index (χ4n) is 1.34. The van der Waals surface area contributed by atoms with Gasteiger partial charge in [0, 0.05) is 5.69 Å². The number of imidazole rings is 1. The maximum Gasteiger partial charge on any atom is 0.435 e. The molecule has 2 heterocycles. The molecule has 0 fully saturated rings. The normalized spacial score (nSPS) is 12.0. The molecule has 2 aromatic rings. The molecule has 0 amide bonds. The number of nitrogens with two attached hydrogens (primary N) is 1. The summed E-state index contributed by atoms with van der Waals surface area (Å²) in [6.45, 7) is 1.30. The predicted octanol–water partition coefficient (Wildman–Crippen LogP) is 1.71. The van der Waals surface area contributed by atoms with Crippen molar-refractivity contribution in [3.8, 4) is 11.5 Å². The molecule has 0 aliphatic carbocycles. The number of hydrogen-bond donors (Lipinski definition) is 3. The van der Waals surface area contributed by atoms with Crippen LogP contribution in [0.2, 0.25) is 0 Å². The van der Waals surface area contributed by atoms with Crippen molar-refractivity contribution in [1.29, 1.82) is 0 Å². The van der Waals surface area contributed by atoms with E-state index in [-0.39, 0.29) is 22.9 Å². The standard InChI is InChI=1S/C8H8F3N5/c1-3-6(8(9,10)11)15-7(14-3)5-4(12)2-13-16-5/h2H,12H2,1H3,(H,13,16)(H,14,15). The van der Waals surface area contributed by atoms with Crippen LogP contribution in [0, 0.1) is 6.92 Å². The number of aromatic amines is 2. The van der Waals surface area contributed by atoms with Crippen LogP contribution in [-0.4, -0.2) is 20.2 Å². The zero-order chi connectivity index (χ0) is 11.9. The van der Waals surface area contributed by atoms with Gasteiger partial charge in [0.15, 0.2) is 11.5 Å². The molecule has 2 rings (SSSR count). The van der Waals surface area contributed by atoms with E-state index in [1.54, 1.807) is 0 Å². The number of aryl methyl sites for hydroxylation is 1. The van der Waals surface area contributed by atoms with Gasteiger partial charge in [-0.2, -0.15) is 18.3 Å². The first-order valence-corrected chi connectivity index (χ1v) is 4.32. The quantitative estimate of drug-likeness (QED) is 0.698. The molecule has 86 valence electrons. The van der Waals surface area contributed by atoms with Crippen LogP contribution < -0.4 is 5.73 Å². The van der Waals surface area contributed by atoms with Gasteiger partial charge in [-0.15, -0.1) is 0 Å². The third-order valence-electron chi connectivity index (χ3n) is 2.06. The number of nitrogens with one attached hydrogen (secondary N) is 2. The molecule has 0 bridgehead atoms. The van der Waals surface area contributed by atoms with E-state index in [1.807, 2.05) is 0 Å². The second kappa shape index (κ2) is 3.26. The number of alkyl halides is 3. The zero-order valence-electron chi connectivity index (χ0n) is 8.18. The van der Waals surface area contributed by atoms with Gasteiger partial charge in [0.05, 0.1) is 11.9 Å². The van der Waals surface area contributed by atoms with Crippen LogP contribution in [0.3, 0.4) is 0 Å². The molecule has 0 saturated heterocycles. The molecule has 0 saturated carbocycles. The summed E-state index contributed by atoms with van der Waals surface area (Å²) in [5.41, 5.74) is 4.99. The van der Waals surface area contributed by atoms with Gasteiger partial charge in [-0.05, 0) is 6.92 Å². The van der Waals surface area contributed by atoms with Crippen molar-refractivity contribution in [1.82, 2.24) is 20.2 Å². The van der Waals surface area contributed by atoms with Gasteiger partial charge in [0.2, 0.25) is 0 Å². The predicted molar refractivity (Wildman–Crippen MR) is 50.3 cm³/mol. The summed E-state index contributed by atoms with van der Waals surface area (Å²) in [4.78, 5) is 5.96. The SMILES string of the molecule is Cc1[nH]c(-c2[nH]ncc2N)nc1C(F)(F)F. The summed E-state index contributed by atoms with van der Waals surface area (Å²) in [5.74, 6) is 0.0276. The van der Waals surface area contributed by atoms with Gasteiger partial charge in [-0.25, -0.2) is 4.98 Å². The molecule has 0 aromatic carbocycles. The van der Waals surface area contributed by atoms with Gasteiger partial charge < -0.3 is 10.7 Å². The minimum absolute atomic E-state index is 0.0276. The third kappa shape index (κ3) is 1.62. The number of nitrogen functional groups attached to an aromatic ring is 1. The van der Waals surface area contributed by atoms with E-state index in [1.165, 1.54) is 13.1 Å². The summed E-state index contributed by atoms with van der Waals surface area (Å²) in [5, 5.41) is 6.09. The van der Waals surface area contributed by atoms with Gasteiger partial charge in [-0.1, -0.05) is 0 Å². The van der Waals surface area contributed by atoms with Crippen LogP contribution in [0.4, 0.5) is 18.9 Å². The summed E-state index contributed by atoms with van der Waals surface area (Å²) >= 11 is 0. The largest absolute Gasteiger partial charge is 0.435 e. The van der Waals surface area contributed by atoms with Gasteiger partial charge >= 0.3 is 6.18 Å². The van der Waals surface area contributed by atoms with E-state index < -0.39 is 11.9 Å². The minimum atomic E-state index is -4.48. The molecule has 0 spiro atoms. The van der Waals surface area contributed by atoms with Crippen molar-refractivity contribution in [2.24, 2.45) is 0 Å². The Hall–Kier alpha value is -1.99. The first kappa shape index (κ1) is 10.5. The fourth-order valence-corrected chi connectivity index (χ4v) is 1.34. The zero-order valence-corrected chi connectivity index (χ0v) is 8.18. The van der Waals surface area contributed by atoms with Crippen molar-refractivity contribution in [3.05, 3.63) is 17.6 Å². The topological polar surface area (TPSA) is 83.4 Å². The van der Waals surface area contributed by atoms with Gasteiger partial charge in [0.25, 0.3) is 0 Å². The van der Waals surface area contributed by atoms with E-state index in [9.17, 15) is 13.2 Å². The Balaban J connectivity index is 2.51. The molecule has 0 radical (unpaired) electrons. The smallest absolute Gasteiger partial charge is 0.396 e. The van der Waals surface area contributed by atoms with Crippen LogP contribution in [0.1, 0.15) is 11.4 Å². The Kier molecular flexibility index (Phi) is 2.14. The Bertz CT molecular complexity index is 510. The lowest BCUT2D eigenvalue weighted by Gasteiger charge is -2.01. The number of H-pyrrole nitrogens is 2. The lowest BCUT2D eigenvalue weighted by atomic mass is 10.3. The first-order valence-electron chi connectivity index (χ1n) is 4.32. The van der Waals surface area contributed by atoms with E-state index in [4.69, 9.17) is 5.73 Å². The monoisotopic (exact) mass is 231 g/mol. The molecule has 0 atom stereocenters. The lowest BCUT2D eigenvalue weighted by molar-refractivity contribution is -0.141. The molecule has 16 heavy (non-hydrogen) atoms. The van der Waals surface area contributed by atoms with Crippen LogP contribution >= 0.6 is 0 Å². The Morgan fingerprint density at radius 2 is 2.06 bits per heavy atom. The third-order valence-corrected chi connectivity index (χ3v) is 2.06. The molecule has 0 aliphatic heterocycles. The second-order valence-corrected chi connectivity index (χ2v) is 3.26. The maximum atomic E-state index is 12.5. The highest BCUT2D eigenvalue weighted by atomic mass is 19.4. The molecule has 0 unspecified atom stereocenters. The highest BCUT2D eigenvalue weighted by Gasteiger charge is 2.36. The minimum Gasteiger partial charge on any atom is -0.396 e. The van der Waals surface area contributed by atoms with Crippen molar-refractivity contribution in [3.63, 3.8) is 0 Å². The number of nitrogens with zero attached hydrogens (tertiary/aromatic N) is 2. The van der Waals surface area contributed by atoms with E-state index in [2.05, 4.69) is 20.2 Å². The molecule has 4 N–H and O–H groups in total. The van der Waals surface area contributed by atoms with Crippen LogP contribution in [0.15, 0.2) is 6.20 Å². The van der Waals surface area contributed by atoms with Crippen LogP contribution in [-0.2, 0) is 6.18 Å². The van der Waals surface area contributed by atoms with Crippen molar-refractivity contribution in [2.45, 2.75) is 13.1 Å². The number of hydrogen-bond acceptors (Lipinski definition) is 3. The van der Waals surface area contributed by atoms with Crippen molar-refractivity contribution in [2.75, 3.05) is 5.73 Å². The van der Waals surface area contributed by atoms with E-state index in [0.717, 1.165) is 0 Å². The average Bonchev–Trinajstić information content (AvgIpc) is 2.70. The molecular weight excluding hydrogens is 223 g/mol. The highest BCUT2D eigenvalue weighted by molar-refractivity contribution is 5.66. The fraction of sp³-hybridized carbons (Fsp3) is 0.250. The lowest BCUT2D eigenvalue weighted by Crippen LogP contribution is -2.07.